The van der Waals surface area contributed by atoms with Crippen LogP contribution in [-0.4, -0.2) is 35.1 Å². The smallest absolute Gasteiger partial charge is 0.242 e. The predicted octanol–water partition coefficient (Wildman–Crippen LogP) is 6.26. The second-order valence-corrected chi connectivity index (χ2v) is 9.57. The Morgan fingerprint density at radius 1 is 1.06 bits per heavy atom. The molecule has 0 spiro atoms. The number of hydrogen-bond acceptors (Lipinski definition) is 3. The fraction of sp³-hybridized carbons (Fsp3) is 0.440. The van der Waals surface area contributed by atoms with Crippen molar-refractivity contribution in [2.24, 2.45) is 0 Å². The van der Waals surface area contributed by atoms with E-state index in [0.717, 1.165) is 29.5 Å². The van der Waals surface area contributed by atoms with Crippen LogP contribution in [0.5, 0.6) is 0 Å². The van der Waals surface area contributed by atoms with Crippen molar-refractivity contribution in [1.82, 2.24) is 10.2 Å². The zero-order chi connectivity index (χ0) is 23.5. The topological polar surface area (TPSA) is 49.4 Å². The number of nitrogens with zero attached hydrogens (tertiary/aromatic N) is 1. The highest BCUT2D eigenvalue weighted by molar-refractivity contribution is 7.99. The number of unbranched alkanes of at least 4 members (excludes halogenated alkanes) is 1. The third-order valence-corrected chi connectivity index (χ3v) is 6.87. The lowest BCUT2D eigenvalue weighted by molar-refractivity contribution is -0.139. The lowest BCUT2D eigenvalue weighted by Crippen LogP contribution is -2.49. The van der Waals surface area contributed by atoms with Crippen molar-refractivity contribution in [1.29, 1.82) is 0 Å². The Morgan fingerprint density at radius 3 is 2.31 bits per heavy atom. The molecule has 0 heterocycles. The van der Waals surface area contributed by atoms with Gasteiger partial charge in [0.05, 0.1) is 5.75 Å². The van der Waals surface area contributed by atoms with Gasteiger partial charge in [0.1, 0.15) is 6.04 Å². The van der Waals surface area contributed by atoms with Gasteiger partial charge < -0.3 is 10.2 Å². The zero-order valence-corrected chi connectivity index (χ0v) is 21.3. The molecule has 0 unspecified atom stereocenters. The predicted molar refractivity (Wildman–Crippen MR) is 136 cm³/mol. The maximum absolute atomic E-state index is 13.3. The molecule has 1 N–H and O–H groups in total. The highest BCUT2D eigenvalue weighted by Gasteiger charge is 2.28. The van der Waals surface area contributed by atoms with E-state index in [0.29, 0.717) is 35.3 Å². The molecule has 0 saturated heterocycles. The zero-order valence-electron chi connectivity index (χ0n) is 19.0. The molecule has 32 heavy (non-hydrogen) atoms. The Balaban J connectivity index is 2.13. The first-order valence-electron chi connectivity index (χ1n) is 11.0. The molecule has 2 aromatic rings. The summed E-state index contributed by atoms with van der Waals surface area (Å²) in [6.45, 7) is 7.07. The molecule has 0 saturated carbocycles. The highest BCUT2D eigenvalue weighted by atomic mass is 35.5. The van der Waals surface area contributed by atoms with E-state index in [2.05, 4.69) is 12.2 Å². The molecule has 2 rings (SSSR count). The van der Waals surface area contributed by atoms with Gasteiger partial charge in [0.15, 0.2) is 0 Å². The molecule has 0 fully saturated rings. The number of nitrogens with one attached hydrogen (secondary N) is 1. The molecule has 0 aliphatic rings. The van der Waals surface area contributed by atoms with Gasteiger partial charge in [0.25, 0.3) is 0 Å². The summed E-state index contributed by atoms with van der Waals surface area (Å²) in [6.07, 6.45) is 2.48. The number of amides is 2. The van der Waals surface area contributed by atoms with Crippen LogP contribution in [0.1, 0.15) is 49.8 Å². The van der Waals surface area contributed by atoms with Crippen LogP contribution in [0.25, 0.3) is 0 Å². The quantitative estimate of drug-likeness (QED) is 0.354. The number of aryl methyl sites for hydroxylation is 1. The van der Waals surface area contributed by atoms with Crippen LogP contribution in [0.3, 0.4) is 0 Å². The summed E-state index contributed by atoms with van der Waals surface area (Å²) < 4.78 is 0. The fourth-order valence-electron chi connectivity index (χ4n) is 3.31. The Morgan fingerprint density at radius 2 is 1.72 bits per heavy atom. The Hall–Kier alpha value is -1.69. The molecule has 1 atom stereocenters. The van der Waals surface area contributed by atoms with Gasteiger partial charge in [-0.15, -0.1) is 11.8 Å². The van der Waals surface area contributed by atoms with Crippen LogP contribution in [0, 0.1) is 6.92 Å². The summed E-state index contributed by atoms with van der Waals surface area (Å²) in [4.78, 5) is 27.8. The Labute approximate surface area is 206 Å². The molecule has 7 heteroatoms. The van der Waals surface area contributed by atoms with Gasteiger partial charge in [0.2, 0.25) is 11.8 Å². The molecule has 2 amide bonds. The Kier molecular flexibility index (Phi) is 11.4. The normalized spacial score (nSPS) is 11.8. The second-order valence-electron chi connectivity index (χ2n) is 7.77. The average Bonchev–Trinajstić information content (AvgIpc) is 2.77. The number of benzene rings is 2. The van der Waals surface area contributed by atoms with E-state index in [-0.39, 0.29) is 17.6 Å². The van der Waals surface area contributed by atoms with Crippen molar-refractivity contribution >= 4 is 46.8 Å². The van der Waals surface area contributed by atoms with Gasteiger partial charge in [-0.2, -0.15) is 0 Å². The van der Waals surface area contributed by atoms with Gasteiger partial charge >= 0.3 is 0 Å². The highest BCUT2D eigenvalue weighted by Crippen LogP contribution is 2.28. The summed E-state index contributed by atoms with van der Waals surface area (Å²) in [7, 11) is 0. The number of halogens is 2. The number of rotatable bonds is 12. The summed E-state index contributed by atoms with van der Waals surface area (Å²) in [6, 6.07) is 12.9. The van der Waals surface area contributed by atoms with Crippen molar-refractivity contribution in [3.8, 4) is 0 Å². The molecular weight excluding hydrogens is 463 g/mol. The molecule has 2 aromatic carbocycles. The minimum atomic E-state index is -0.509. The van der Waals surface area contributed by atoms with E-state index < -0.39 is 6.04 Å². The van der Waals surface area contributed by atoms with E-state index in [1.165, 1.54) is 11.8 Å². The van der Waals surface area contributed by atoms with Crippen LogP contribution in [0.2, 0.25) is 10.0 Å². The number of carbonyl (C=O) groups excluding carboxylic acids is 2. The monoisotopic (exact) mass is 494 g/mol. The van der Waals surface area contributed by atoms with E-state index in [4.69, 9.17) is 23.2 Å². The van der Waals surface area contributed by atoms with Gasteiger partial charge in [-0.1, -0.05) is 79.4 Å². The van der Waals surface area contributed by atoms with Crippen LogP contribution in [0.4, 0.5) is 0 Å². The second kappa shape index (κ2) is 13.8. The van der Waals surface area contributed by atoms with Crippen LogP contribution < -0.4 is 5.32 Å². The van der Waals surface area contributed by atoms with Crippen molar-refractivity contribution < 1.29 is 9.59 Å². The first kappa shape index (κ1) is 26.6. The van der Waals surface area contributed by atoms with E-state index in [9.17, 15) is 9.59 Å². The SMILES string of the molecule is CCCCNC(=O)[C@@H](CC)N(Cc1ccc(C)cc1)C(=O)CSCc1c(Cl)cccc1Cl. The summed E-state index contributed by atoms with van der Waals surface area (Å²) in [5, 5.41) is 4.17. The van der Waals surface area contributed by atoms with Crippen molar-refractivity contribution in [2.75, 3.05) is 12.3 Å². The molecule has 4 nitrogen and oxygen atoms in total. The van der Waals surface area contributed by atoms with Crippen LogP contribution >= 0.6 is 35.0 Å². The molecular formula is C25H32Cl2N2O2S. The van der Waals surface area contributed by atoms with Gasteiger partial charge in [-0.25, -0.2) is 0 Å². The molecule has 0 aliphatic carbocycles. The van der Waals surface area contributed by atoms with Crippen LogP contribution in [0.15, 0.2) is 42.5 Å². The molecule has 174 valence electrons. The maximum Gasteiger partial charge on any atom is 0.242 e. The summed E-state index contributed by atoms with van der Waals surface area (Å²) in [5.74, 6) is 0.602. The third-order valence-electron chi connectivity index (χ3n) is 5.22. The number of carbonyl (C=O) groups is 2. The minimum Gasteiger partial charge on any atom is -0.354 e. The largest absolute Gasteiger partial charge is 0.354 e. The van der Waals surface area contributed by atoms with Crippen molar-refractivity contribution in [3.63, 3.8) is 0 Å². The number of thioether (sulfide) groups is 1. The third kappa shape index (κ3) is 8.02. The van der Waals surface area contributed by atoms with E-state index in [1.807, 2.05) is 38.1 Å². The van der Waals surface area contributed by atoms with Crippen molar-refractivity contribution in [3.05, 3.63) is 69.2 Å². The lowest BCUT2D eigenvalue weighted by atomic mass is 10.1. The van der Waals surface area contributed by atoms with Gasteiger partial charge in [-0.3, -0.25) is 9.59 Å². The van der Waals surface area contributed by atoms with Gasteiger partial charge in [-0.05, 0) is 43.0 Å². The van der Waals surface area contributed by atoms with E-state index >= 15 is 0 Å². The average molecular weight is 496 g/mol. The molecule has 0 radical (unpaired) electrons. The Bertz CT molecular complexity index is 870. The van der Waals surface area contributed by atoms with Crippen LogP contribution in [-0.2, 0) is 21.9 Å². The first-order valence-corrected chi connectivity index (χ1v) is 12.9. The minimum absolute atomic E-state index is 0.0729. The van der Waals surface area contributed by atoms with E-state index in [1.54, 1.807) is 23.1 Å². The molecule has 0 bridgehead atoms. The fourth-order valence-corrected chi connectivity index (χ4v) is 4.96. The number of hydrogen-bond donors (Lipinski definition) is 1. The van der Waals surface area contributed by atoms with Crippen molar-refractivity contribution in [2.45, 2.75) is 58.4 Å². The summed E-state index contributed by atoms with van der Waals surface area (Å²) in [5.41, 5.74) is 2.98. The molecule has 0 aliphatic heterocycles. The maximum atomic E-state index is 13.3. The summed E-state index contributed by atoms with van der Waals surface area (Å²) >= 11 is 14.0. The standard InChI is InChI=1S/C25H32Cl2N2O2S/c1-4-6-14-28-25(31)23(5-2)29(15-19-12-10-18(3)11-13-19)24(30)17-32-16-20-21(26)8-7-9-22(20)27/h7-13,23H,4-6,14-17H2,1-3H3,(H,28,31)/t23-/m1/s1. The lowest BCUT2D eigenvalue weighted by Gasteiger charge is -2.30. The molecule has 0 aromatic heterocycles. The van der Waals surface area contributed by atoms with Gasteiger partial charge in [0, 0.05) is 28.9 Å². The first-order chi connectivity index (χ1) is 15.4.